The van der Waals surface area contributed by atoms with Crippen molar-refractivity contribution in [2.24, 2.45) is 0 Å². The highest BCUT2D eigenvalue weighted by atomic mass is 32.2. The maximum atomic E-state index is 11.9. The van der Waals surface area contributed by atoms with E-state index in [9.17, 15) is 14.4 Å². The van der Waals surface area contributed by atoms with Crippen LogP contribution in [0.25, 0.3) is 0 Å². The Labute approximate surface area is 142 Å². The maximum absolute atomic E-state index is 11.9. The third-order valence-corrected chi connectivity index (χ3v) is 3.82. The summed E-state index contributed by atoms with van der Waals surface area (Å²) >= 11 is 1.09. The Hall–Kier alpha value is -2.68. The molecule has 9 heteroatoms. The molecule has 3 N–H and O–H groups in total. The number of aryl methyl sites for hydroxylation is 1. The molecule has 0 fully saturated rings. The van der Waals surface area contributed by atoms with Crippen LogP contribution in [0.4, 0.5) is 11.4 Å². The molecule has 24 heavy (non-hydrogen) atoms. The number of thioether (sulfide) groups is 1. The number of carbonyl (C=O) groups is 2. The number of rotatable bonds is 6. The number of amides is 2. The second-order valence-electron chi connectivity index (χ2n) is 4.86. The fourth-order valence-electron chi connectivity index (χ4n) is 1.66. The fourth-order valence-corrected chi connectivity index (χ4v) is 2.26. The molecule has 1 aromatic carbocycles. The summed E-state index contributed by atoms with van der Waals surface area (Å²) in [6.45, 7) is 3.33. The molecule has 0 aliphatic rings. The van der Waals surface area contributed by atoms with Crippen LogP contribution in [-0.4, -0.2) is 32.7 Å². The van der Waals surface area contributed by atoms with Crippen molar-refractivity contribution < 1.29 is 9.59 Å². The molecule has 0 bridgehead atoms. The number of benzene rings is 1. The van der Waals surface area contributed by atoms with Crippen molar-refractivity contribution in [1.82, 2.24) is 15.2 Å². The number of hydrogen-bond acceptors (Lipinski definition) is 6. The Morgan fingerprint density at radius 3 is 2.21 bits per heavy atom. The van der Waals surface area contributed by atoms with Crippen molar-refractivity contribution in [1.29, 1.82) is 0 Å². The monoisotopic (exact) mass is 347 g/mol. The zero-order valence-electron chi connectivity index (χ0n) is 13.3. The molecule has 0 unspecified atom stereocenters. The van der Waals surface area contributed by atoms with Gasteiger partial charge < -0.3 is 10.6 Å². The van der Waals surface area contributed by atoms with Crippen molar-refractivity contribution in [3.8, 4) is 0 Å². The Kier molecular flexibility index (Phi) is 6.07. The van der Waals surface area contributed by atoms with Gasteiger partial charge >= 0.3 is 0 Å². The number of anilines is 2. The number of aromatic nitrogens is 3. The summed E-state index contributed by atoms with van der Waals surface area (Å²) in [4.78, 5) is 37.1. The smallest absolute Gasteiger partial charge is 0.273 e. The minimum absolute atomic E-state index is 0.0728. The van der Waals surface area contributed by atoms with E-state index in [2.05, 4.69) is 25.8 Å². The van der Waals surface area contributed by atoms with Gasteiger partial charge in [-0.1, -0.05) is 18.7 Å². The van der Waals surface area contributed by atoms with E-state index in [0.717, 1.165) is 11.8 Å². The zero-order chi connectivity index (χ0) is 17.5. The van der Waals surface area contributed by atoms with Gasteiger partial charge in [0.25, 0.3) is 5.56 Å². The fraction of sp³-hybridized carbons (Fsp3) is 0.267. The van der Waals surface area contributed by atoms with Crippen LogP contribution >= 0.6 is 11.8 Å². The molecule has 0 atom stereocenters. The van der Waals surface area contributed by atoms with Crippen molar-refractivity contribution >= 4 is 35.0 Å². The largest absolute Gasteiger partial charge is 0.326 e. The second kappa shape index (κ2) is 8.25. The Bertz CT molecular complexity index is 788. The van der Waals surface area contributed by atoms with Gasteiger partial charge in [-0.3, -0.25) is 19.4 Å². The van der Waals surface area contributed by atoms with Gasteiger partial charge in [0.05, 0.1) is 5.75 Å². The number of aromatic amines is 1. The average Bonchev–Trinajstić information content (AvgIpc) is 2.57. The normalized spacial score (nSPS) is 10.2. The van der Waals surface area contributed by atoms with Crippen LogP contribution in [-0.2, 0) is 9.59 Å². The molecule has 0 aliphatic carbocycles. The first-order chi connectivity index (χ1) is 11.5. The van der Waals surface area contributed by atoms with Gasteiger partial charge in [0, 0.05) is 17.8 Å². The lowest BCUT2D eigenvalue weighted by molar-refractivity contribution is -0.116. The lowest BCUT2D eigenvalue weighted by Gasteiger charge is -2.07. The first-order valence-corrected chi connectivity index (χ1v) is 8.22. The molecule has 1 heterocycles. The van der Waals surface area contributed by atoms with Crippen LogP contribution in [0.15, 0.2) is 34.2 Å². The van der Waals surface area contributed by atoms with E-state index in [1.165, 1.54) is 0 Å². The zero-order valence-corrected chi connectivity index (χ0v) is 14.1. The molecule has 0 aliphatic heterocycles. The summed E-state index contributed by atoms with van der Waals surface area (Å²) in [5, 5.41) is 13.2. The number of hydrogen-bond donors (Lipinski definition) is 3. The average molecular weight is 347 g/mol. The van der Waals surface area contributed by atoms with Crippen LogP contribution in [0.1, 0.15) is 19.0 Å². The molecule has 0 spiro atoms. The van der Waals surface area contributed by atoms with Gasteiger partial charge in [-0.15, -0.1) is 10.2 Å². The van der Waals surface area contributed by atoms with E-state index in [0.29, 0.717) is 23.0 Å². The van der Waals surface area contributed by atoms with Crippen LogP contribution in [0.3, 0.4) is 0 Å². The van der Waals surface area contributed by atoms with E-state index >= 15 is 0 Å². The lowest BCUT2D eigenvalue weighted by Crippen LogP contribution is -2.17. The van der Waals surface area contributed by atoms with E-state index in [4.69, 9.17) is 0 Å². The summed E-state index contributed by atoms with van der Waals surface area (Å²) < 4.78 is 0. The van der Waals surface area contributed by atoms with Crippen LogP contribution in [0.5, 0.6) is 0 Å². The Morgan fingerprint density at radius 2 is 1.67 bits per heavy atom. The van der Waals surface area contributed by atoms with E-state index < -0.39 is 0 Å². The van der Waals surface area contributed by atoms with Gasteiger partial charge in [-0.05, 0) is 31.2 Å². The quantitative estimate of drug-likeness (QED) is 0.683. The summed E-state index contributed by atoms with van der Waals surface area (Å²) in [5.41, 5.74) is 1.23. The SMILES string of the molecule is CCC(=O)Nc1ccc(NC(=O)CSc2nnc(C)c(=O)[nH]2)cc1. The summed E-state index contributed by atoms with van der Waals surface area (Å²) in [7, 11) is 0. The molecule has 2 rings (SSSR count). The molecule has 126 valence electrons. The van der Waals surface area contributed by atoms with Crippen molar-refractivity contribution in [2.75, 3.05) is 16.4 Å². The second-order valence-corrected chi connectivity index (χ2v) is 5.82. The van der Waals surface area contributed by atoms with E-state index in [1.54, 1.807) is 38.1 Å². The first kappa shape index (κ1) is 17.7. The Morgan fingerprint density at radius 1 is 1.08 bits per heavy atom. The van der Waals surface area contributed by atoms with Crippen LogP contribution in [0.2, 0.25) is 0 Å². The number of nitrogens with zero attached hydrogens (tertiary/aromatic N) is 2. The van der Waals surface area contributed by atoms with E-state index in [1.807, 2.05) is 0 Å². The summed E-state index contributed by atoms with van der Waals surface area (Å²) in [6, 6.07) is 6.81. The molecular weight excluding hydrogens is 330 g/mol. The molecule has 8 nitrogen and oxygen atoms in total. The molecule has 0 saturated heterocycles. The maximum Gasteiger partial charge on any atom is 0.273 e. The van der Waals surface area contributed by atoms with Gasteiger partial charge in [0.2, 0.25) is 11.8 Å². The van der Waals surface area contributed by atoms with Gasteiger partial charge in [-0.25, -0.2) is 0 Å². The van der Waals surface area contributed by atoms with Gasteiger partial charge in [0.15, 0.2) is 5.16 Å². The molecular formula is C15H17N5O3S. The predicted molar refractivity (Wildman–Crippen MR) is 92.1 cm³/mol. The standard InChI is InChI=1S/C15H17N5O3S/c1-3-12(21)16-10-4-6-11(7-5-10)17-13(22)8-24-15-18-14(23)9(2)19-20-15/h4-7H,3,8H2,1-2H3,(H,16,21)(H,17,22)(H,18,20,23). The van der Waals surface area contributed by atoms with Crippen molar-refractivity contribution in [3.05, 3.63) is 40.3 Å². The highest BCUT2D eigenvalue weighted by Gasteiger charge is 2.07. The summed E-state index contributed by atoms with van der Waals surface area (Å²) in [6.07, 6.45) is 0.402. The highest BCUT2D eigenvalue weighted by molar-refractivity contribution is 7.99. The predicted octanol–water partition coefficient (Wildman–Crippen LogP) is 1.55. The van der Waals surface area contributed by atoms with Crippen LogP contribution in [0, 0.1) is 6.92 Å². The van der Waals surface area contributed by atoms with Crippen molar-refractivity contribution in [2.45, 2.75) is 25.4 Å². The topological polar surface area (TPSA) is 117 Å². The third-order valence-electron chi connectivity index (χ3n) is 2.95. The summed E-state index contributed by atoms with van der Waals surface area (Å²) in [5.74, 6) is -0.230. The van der Waals surface area contributed by atoms with Gasteiger partial charge in [-0.2, -0.15) is 0 Å². The minimum atomic E-state index is -0.322. The Balaban J connectivity index is 1.86. The molecule has 0 saturated carbocycles. The van der Waals surface area contributed by atoms with Crippen LogP contribution < -0.4 is 16.2 Å². The highest BCUT2D eigenvalue weighted by Crippen LogP contribution is 2.15. The molecule has 2 amide bonds. The minimum Gasteiger partial charge on any atom is -0.326 e. The molecule has 0 radical (unpaired) electrons. The third kappa shape index (κ3) is 5.20. The number of carbonyl (C=O) groups excluding carboxylic acids is 2. The first-order valence-electron chi connectivity index (χ1n) is 7.24. The van der Waals surface area contributed by atoms with Gasteiger partial charge in [0.1, 0.15) is 5.69 Å². The number of nitrogens with one attached hydrogen (secondary N) is 3. The molecule has 1 aromatic heterocycles. The number of H-pyrrole nitrogens is 1. The lowest BCUT2D eigenvalue weighted by atomic mass is 10.2. The van der Waals surface area contributed by atoms with Crippen molar-refractivity contribution in [3.63, 3.8) is 0 Å². The van der Waals surface area contributed by atoms with E-state index in [-0.39, 0.29) is 28.8 Å². The molecule has 2 aromatic rings.